The summed E-state index contributed by atoms with van der Waals surface area (Å²) in [6.07, 6.45) is 1.23. The maximum Gasteiger partial charge on any atom is 0.121 e. The molecule has 3 heteroatoms. The predicted molar refractivity (Wildman–Crippen MR) is 73.3 cm³/mol. The Hall–Kier alpha value is -1.22. The van der Waals surface area contributed by atoms with Crippen LogP contribution in [0, 0.1) is 5.92 Å². The Morgan fingerprint density at radius 1 is 1.29 bits per heavy atom. The largest absolute Gasteiger partial charge is 0.492 e. The van der Waals surface area contributed by atoms with Gasteiger partial charge in [-0.3, -0.25) is 0 Å². The summed E-state index contributed by atoms with van der Waals surface area (Å²) in [6, 6.07) is 7.56. The first kappa shape index (κ1) is 13.8. The molecule has 17 heavy (non-hydrogen) atoms. The summed E-state index contributed by atoms with van der Waals surface area (Å²) in [4.78, 5) is 2.30. The van der Waals surface area contributed by atoms with Crippen molar-refractivity contribution in [2.24, 2.45) is 5.92 Å². The highest BCUT2D eigenvalue weighted by Crippen LogP contribution is 2.14. The third kappa shape index (κ3) is 6.17. The van der Waals surface area contributed by atoms with Crippen molar-refractivity contribution >= 4 is 5.69 Å². The first-order valence-electron chi connectivity index (χ1n) is 6.25. The molecule has 0 amide bonds. The van der Waals surface area contributed by atoms with E-state index in [1.54, 1.807) is 0 Å². The summed E-state index contributed by atoms with van der Waals surface area (Å²) < 4.78 is 5.64. The van der Waals surface area contributed by atoms with E-state index in [2.05, 4.69) is 25.8 Å². The molecule has 0 saturated heterocycles. The molecule has 0 heterocycles. The first-order valence-corrected chi connectivity index (χ1v) is 6.25. The number of benzene rings is 1. The van der Waals surface area contributed by atoms with E-state index in [1.165, 1.54) is 6.42 Å². The lowest BCUT2D eigenvalue weighted by Crippen LogP contribution is -2.26. The predicted octanol–water partition coefficient (Wildman–Crippen LogP) is 2.63. The lowest BCUT2D eigenvalue weighted by Gasteiger charge is -2.18. The Balaban J connectivity index is 2.19. The molecule has 0 aliphatic heterocycles. The van der Waals surface area contributed by atoms with Gasteiger partial charge in [0, 0.05) is 18.3 Å². The highest BCUT2D eigenvalue weighted by atomic mass is 16.5. The molecule has 2 N–H and O–H groups in total. The van der Waals surface area contributed by atoms with Gasteiger partial charge in [0.05, 0.1) is 0 Å². The van der Waals surface area contributed by atoms with Gasteiger partial charge in [-0.05, 0) is 38.1 Å². The number of hydrogen-bond acceptors (Lipinski definition) is 3. The number of nitrogens with zero attached hydrogens (tertiary/aromatic N) is 1. The smallest absolute Gasteiger partial charge is 0.121 e. The molecule has 1 rings (SSSR count). The minimum absolute atomic E-state index is 0.706. The van der Waals surface area contributed by atoms with Gasteiger partial charge in [-0.1, -0.05) is 19.9 Å². The van der Waals surface area contributed by atoms with Crippen molar-refractivity contribution in [3.8, 4) is 5.75 Å². The number of anilines is 1. The second-order valence-corrected chi connectivity index (χ2v) is 4.91. The van der Waals surface area contributed by atoms with E-state index < -0.39 is 0 Å². The van der Waals surface area contributed by atoms with Crippen LogP contribution in [-0.2, 0) is 0 Å². The molecule has 96 valence electrons. The van der Waals surface area contributed by atoms with E-state index in [4.69, 9.17) is 10.5 Å². The fourth-order valence-electron chi connectivity index (χ4n) is 1.51. The van der Waals surface area contributed by atoms with Crippen LogP contribution in [0.4, 0.5) is 5.69 Å². The van der Waals surface area contributed by atoms with Gasteiger partial charge in [-0.25, -0.2) is 0 Å². The quantitative estimate of drug-likeness (QED) is 0.740. The standard InChI is InChI=1S/C14H24N2O/c1-12(2)7-8-16(3)9-10-17-14-6-4-5-13(15)11-14/h4-6,11-12H,7-10,15H2,1-3H3. The summed E-state index contributed by atoms with van der Waals surface area (Å²) in [5, 5.41) is 0. The third-order valence-electron chi connectivity index (χ3n) is 2.69. The minimum atomic E-state index is 0.706. The number of likely N-dealkylation sites (N-methyl/N-ethyl adjacent to an activating group) is 1. The van der Waals surface area contributed by atoms with E-state index in [9.17, 15) is 0 Å². The Labute approximate surface area is 105 Å². The molecule has 1 aromatic carbocycles. The Bertz CT molecular complexity index is 326. The number of nitrogens with two attached hydrogens (primary N) is 1. The van der Waals surface area contributed by atoms with Crippen molar-refractivity contribution in [3.63, 3.8) is 0 Å². The third-order valence-corrected chi connectivity index (χ3v) is 2.69. The van der Waals surface area contributed by atoms with Gasteiger partial charge >= 0.3 is 0 Å². The molecule has 0 aliphatic rings. The zero-order valence-corrected chi connectivity index (χ0v) is 11.1. The summed E-state index contributed by atoms with van der Waals surface area (Å²) >= 11 is 0. The Morgan fingerprint density at radius 2 is 2.06 bits per heavy atom. The fraction of sp³-hybridized carbons (Fsp3) is 0.571. The highest BCUT2D eigenvalue weighted by Gasteiger charge is 2.01. The van der Waals surface area contributed by atoms with Crippen LogP contribution < -0.4 is 10.5 Å². The molecule has 3 nitrogen and oxygen atoms in total. The van der Waals surface area contributed by atoms with Crippen molar-refractivity contribution in [3.05, 3.63) is 24.3 Å². The van der Waals surface area contributed by atoms with Gasteiger partial charge in [0.15, 0.2) is 0 Å². The molecule has 0 unspecified atom stereocenters. The van der Waals surface area contributed by atoms with E-state index in [-0.39, 0.29) is 0 Å². The molecule has 0 bridgehead atoms. The second-order valence-electron chi connectivity index (χ2n) is 4.91. The highest BCUT2D eigenvalue weighted by molar-refractivity contribution is 5.43. The molecule has 1 aromatic rings. The van der Waals surface area contributed by atoms with Crippen LogP contribution >= 0.6 is 0 Å². The second kappa shape index (κ2) is 7.17. The molecule has 0 atom stereocenters. The zero-order valence-electron chi connectivity index (χ0n) is 11.1. The number of ether oxygens (including phenoxy) is 1. The van der Waals surface area contributed by atoms with E-state index in [0.29, 0.717) is 6.61 Å². The molecule has 0 aliphatic carbocycles. The van der Waals surface area contributed by atoms with Gasteiger partial charge in [0.2, 0.25) is 0 Å². The molecular weight excluding hydrogens is 212 g/mol. The van der Waals surface area contributed by atoms with Crippen molar-refractivity contribution in [1.29, 1.82) is 0 Å². The van der Waals surface area contributed by atoms with Gasteiger partial charge in [0.25, 0.3) is 0 Å². The molecule has 0 fully saturated rings. The van der Waals surface area contributed by atoms with E-state index >= 15 is 0 Å². The monoisotopic (exact) mass is 236 g/mol. The number of nitrogen functional groups attached to an aromatic ring is 1. The van der Waals surface area contributed by atoms with Gasteiger partial charge in [-0.15, -0.1) is 0 Å². The topological polar surface area (TPSA) is 38.5 Å². The van der Waals surface area contributed by atoms with Crippen LogP contribution in [0.25, 0.3) is 0 Å². The van der Waals surface area contributed by atoms with Crippen LogP contribution in [0.1, 0.15) is 20.3 Å². The zero-order chi connectivity index (χ0) is 12.7. The maximum atomic E-state index is 5.68. The lowest BCUT2D eigenvalue weighted by molar-refractivity contribution is 0.230. The van der Waals surface area contributed by atoms with Crippen LogP contribution in [0.15, 0.2) is 24.3 Å². The van der Waals surface area contributed by atoms with Crippen LogP contribution in [0.5, 0.6) is 5.75 Å². The first-order chi connectivity index (χ1) is 8.08. The summed E-state index contributed by atoms with van der Waals surface area (Å²) in [6.45, 7) is 7.27. The summed E-state index contributed by atoms with van der Waals surface area (Å²) in [5.74, 6) is 1.61. The van der Waals surface area contributed by atoms with Crippen molar-refractivity contribution in [2.75, 3.05) is 32.5 Å². The van der Waals surface area contributed by atoms with Crippen molar-refractivity contribution in [2.45, 2.75) is 20.3 Å². The summed E-state index contributed by atoms with van der Waals surface area (Å²) in [5.41, 5.74) is 6.43. The van der Waals surface area contributed by atoms with Gasteiger partial charge in [0.1, 0.15) is 12.4 Å². The fourth-order valence-corrected chi connectivity index (χ4v) is 1.51. The SMILES string of the molecule is CC(C)CCN(C)CCOc1cccc(N)c1. The molecule has 0 saturated carbocycles. The lowest BCUT2D eigenvalue weighted by atomic mass is 10.1. The maximum absolute atomic E-state index is 5.68. The molecular formula is C14H24N2O. The average Bonchev–Trinajstić information content (AvgIpc) is 2.26. The Kier molecular flexibility index (Phi) is 5.84. The van der Waals surface area contributed by atoms with Crippen LogP contribution in [-0.4, -0.2) is 31.6 Å². The van der Waals surface area contributed by atoms with E-state index in [0.717, 1.165) is 30.4 Å². The van der Waals surface area contributed by atoms with Crippen LogP contribution in [0.3, 0.4) is 0 Å². The Morgan fingerprint density at radius 3 is 2.71 bits per heavy atom. The molecule has 0 spiro atoms. The van der Waals surface area contributed by atoms with Gasteiger partial charge < -0.3 is 15.4 Å². The van der Waals surface area contributed by atoms with Crippen molar-refractivity contribution in [1.82, 2.24) is 4.90 Å². The van der Waals surface area contributed by atoms with Crippen LogP contribution in [0.2, 0.25) is 0 Å². The van der Waals surface area contributed by atoms with E-state index in [1.807, 2.05) is 24.3 Å². The molecule has 0 aromatic heterocycles. The molecule has 0 radical (unpaired) electrons. The number of rotatable bonds is 7. The average molecular weight is 236 g/mol. The normalized spacial score (nSPS) is 11.1. The van der Waals surface area contributed by atoms with Gasteiger partial charge in [-0.2, -0.15) is 0 Å². The summed E-state index contributed by atoms with van der Waals surface area (Å²) in [7, 11) is 2.13. The number of hydrogen-bond donors (Lipinski definition) is 1. The minimum Gasteiger partial charge on any atom is -0.492 e. The van der Waals surface area contributed by atoms with Crippen molar-refractivity contribution < 1.29 is 4.74 Å².